The second-order valence-electron chi connectivity index (χ2n) is 3.76. The number of aryl methyl sites for hydroxylation is 1. The molecule has 96 valence electrons. The van der Waals surface area contributed by atoms with Crippen LogP contribution in [-0.2, 0) is 13.6 Å². The van der Waals surface area contributed by atoms with Crippen LogP contribution in [0.1, 0.15) is 12.7 Å². The Kier molecular flexibility index (Phi) is 3.84. The molecule has 0 bridgehead atoms. The van der Waals surface area contributed by atoms with E-state index in [-0.39, 0.29) is 0 Å². The molecule has 0 saturated carbocycles. The maximum atomic E-state index is 6.14. The number of nitrogens with two attached hydrogens (primary N) is 1. The molecule has 0 atom stereocenters. The van der Waals surface area contributed by atoms with Crippen LogP contribution >= 0.6 is 11.6 Å². The Hall–Kier alpha value is -1.59. The third-order valence-corrected chi connectivity index (χ3v) is 2.77. The first-order valence-corrected chi connectivity index (χ1v) is 6.06. The van der Waals surface area contributed by atoms with Gasteiger partial charge in [-0.05, 0) is 25.1 Å². The third-order valence-electron chi connectivity index (χ3n) is 2.48. The number of hydrogen-bond acceptors (Lipinski definition) is 4. The van der Waals surface area contributed by atoms with Gasteiger partial charge in [0.15, 0.2) is 11.6 Å². The van der Waals surface area contributed by atoms with Gasteiger partial charge in [-0.2, -0.15) is 5.10 Å². The Morgan fingerprint density at radius 2 is 2.22 bits per heavy atom. The summed E-state index contributed by atoms with van der Waals surface area (Å²) in [6, 6.07) is 5.55. The molecule has 18 heavy (non-hydrogen) atoms. The van der Waals surface area contributed by atoms with Crippen molar-refractivity contribution in [2.75, 3.05) is 6.61 Å². The van der Waals surface area contributed by atoms with Crippen molar-refractivity contribution in [3.63, 3.8) is 0 Å². The van der Waals surface area contributed by atoms with Gasteiger partial charge in [0.1, 0.15) is 5.75 Å². The van der Waals surface area contributed by atoms with Crippen LogP contribution in [0, 0.1) is 0 Å². The number of ether oxygens (including phenoxy) is 1. The van der Waals surface area contributed by atoms with Crippen molar-refractivity contribution in [2.24, 2.45) is 12.8 Å². The van der Waals surface area contributed by atoms with E-state index >= 15 is 0 Å². The van der Waals surface area contributed by atoms with Gasteiger partial charge in [0.2, 0.25) is 0 Å². The summed E-state index contributed by atoms with van der Waals surface area (Å²) in [6.45, 7) is 2.82. The van der Waals surface area contributed by atoms with Gasteiger partial charge in [-0.1, -0.05) is 11.6 Å². The minimum absolute atomic E-state index is 0.318. The molecule has 1 aromatic carbocycles. The van der Waals surface area contributed by atoms with Gasteiger partial charge in [-0.15, -0.1) is 0 Å². The molecule has 5 nitrogen and oxygen atoms in total. The zero-order chi connectivity index (χ0) is 13.1. The topological polar surface area (TPSA) is 66.0 Å². The molecular formula is C12H15ClN4O. The van der Waals surface area contributed by atoms with Crippen LogP contribution in [0.25, 0.3) is 11.4 Å². The van der Waals surface area contributed by atoms with Gasteiger partial charge in [0, 0.05) is 12.6 Å². The van der Waals surface area contributed by atoms with E-state index in [2.05, 4.69) is 10.1 Å². The van der Waals surface area contributed by atoms with E-state index in [4.69, 9.17) is 22.1 Å². The Labute approximate surface area is 111 Å². The minimum atomic E-state index is 0.318. The lowest BCUT2D eigenvalue weighted by Crippen LogP contribution is -1.99. The first-order chi connectivity index (χ1) is 8.65. The van der Waals surface area contributed by atoms with Gasteiger partial charge >= 0.3 is 0 Å². The second-order valence-corrected chi connectivity index (χ2v) is 4.16. The number of hydrogen-bond donors (Lipinski definition) is 1. The van der Waals surface area contributed by atoms with Crippen molar-refractivity contribution in [3.8, 4) is 17.1 Å². The maximum absolute atomic E-state index is 6.14. The highest BCUT2D eigenvalue weighted by molar-refractivity contribution is 6.32. The van der Waals surface area contributed by atoms with E-state index in [1.165, 1.54) is 0 Å². The summed E-state index contributed by atoms with van der Waals surface area (Å²) < 4.78 is 7.08. The highest BCUT2D eigenvalue weighted by atomic mass is 35.5. The van der Waals surface area contributed by atoms with Crippen LogP contribution in [0.4, 0.5) is 0 Å². The van der Waals surface area contributed by atoms with Crippen LogP contribution in [-0.4, -0.2) is 21.4 Å². The van der Waals surface area contributed by atoms with E-state index in [0.717, 1.165) is 11.4 Å². The van der Waals surface area contributed by atoms with E-state index in [1.54, 1.807) is 4.68 Å². The largest absolute Gasteiger partial charge is 0.492 e. The van der Waals surface area contributed by atoms with Crippen LogP contribution < -0.4 is 10.5 Å². The van der Waals surface area contributed by atoms with Gasteiger partial charge < -0.3 is 10.5 Å². The monoisotopic (exact) mass is 266 g/mol. The highest BCUT2D eigenvalue weighted by Crippen LogP contribution is 2.29. The molecule has 0 aliphatic heterocycles. The molecule has 0 aliphatic rings. The number of benzene rings is 1. The van der Waals surface area contributed by atoms with E-state index < -0.39 is 0 Å². The number of rotatable bonds is 4. The van der Waals surface area contributed by atoms with Crippen molar-refractivity contribution in [2.45, 2.75) is 13.5 Å². The second kappa shape index (κ2) is 5.37. The molecule has 2 N–H and O–H groups in total. The van der Waals surface area contributed by atoms with E-state index in [1.807, 2.05) is 32.2 Å². The number of aromatic nitrogens is 3. The van der Waals surface area contributed by atoms with Crippen molar-refractivity contribution >= 4 is 11.6 Å². The van der Waals surface area contributed by atoms with E-state index in [9.17, 15) is 0 Å². The van der Waals surface area contributed by atoms with Crippen molar-refractivity contribution < 1.29 is 4.74 Å². The van der Waals surface area contributed by atoms with Gasteiger partial charge in [0.05, 0.1) is 18.2 Å². The normalized spacial score (nSPS) is 10.7. The quantitative estimate of drug-likeness (QED) is 0.919. The molecule has 0 radical (unpaired) electrons. The summed E-state index contributed by atoms with van der Waals surface area (Å²) in [5, 5.41) is 4.76. The molecule has 0 unspecified atom stereocenters. The van der Waals surface area contributed by atoms with E-state index in [0.29, 0.717) is 29.7 Å². The molecule has 1 heterocycles. The third kappa shape index (κ3) is 2.47. The van der Waals surface area contributed by atoms with Crippen LogP contribution in [0.5, 0.6) is 5.75 Å². The van der Waals surface area contributed by atoms with Crippen LogP contribution in [0.3, 0.4) is 0 Å². The molecular weight excluding hydrogens is 252 g/mol. The summed E-state index contributed by atoms with van der Waals surface area (Å²) in [7, 11) is 1.83. The fourth-order valence-electron chi connectivity index (χ4n) is 1.69. The van der Waals surface area contributed by atoms with Crippen molar-refractivity contribution in [3.05, 3.63) is 29.0 Å². The number of nitrogens with zero attached hydrogens (tertiary/aromatic N) is 3. The maximum Gasteiger partial charge on any atom is 0.164 e. The minimum Gasteiger partial charge on any atom is -0.492 e. The predicted octanol–water partition coefficient (Wildman–Crippen LogP) is 1.99. The molecule has 6 heteroatoms. The molecule has 0 saturated heterocycles. The lowest BCUT2D eigenvalue weighted by Gasteiger charge is -2.07. The Balaban J connectivity index is 2.38. The molecule has 0 aliphatic carbocycles. The lowest BCUT2D eigenvalue weighted by atomic mass is 10.2. The molecule has 0 spiro atoms. The summed E-state index contributed by atoms with van der Waals surface area (Å²) in [5.74, 6) is 2.02. The molecule has 2 rings (SSSR count). The van der Waals surface area contributed by atoms with Gasteiger partial charge in [-0.25, -0.2) is 9.67 Å². The highest BCUT2D eigenvalue weighted by Gasteiger charge is 2.10. The zero-order valence-corrected chi connectivity index (χ0v) is 11.1. The van der Waals surface area contributed by atoms with Crippen LogP contribution in [0.2, 0.25) is 5.02 Å². The Morgan fingerprint density at radius 3 is 2.78 bits per heavy atom. The molecule has 0 fully saturated rings. The summed E-state index contributed by atoms with van der Waals surface area (Å²) >= 11 is 6.14. The first kappa shape index (κ1) is 12.9. The average Bonchev–Trinajstić information content (AvgIpc) is 2.73. The Bertz CT molecular complexity index is 553. The molecule has 2 aromatic rings. The van der Waals surface area contributed by atoms with Crippen molar-refractivity contribution in [1.29, 1.82) is 0 Å². The molecule has 1 aromatic heterocycles. The smallest absolute Gasteiger partial charge is 0.164 e. The summed E-state index contributed by atoms with van der Waals surface area (Å²) in [4.78, 5) is 4.34. The zero-order valence-electron chi connectivity index (χ0n) is 10.4. The summed E-state index contributed by atoms with van der Waals surface area (Å²) in [5.41, 5.74) is 6.41. The lowest BCUT2D eigenvalue weighted by molar-refractivity contribution is 0.340. The SMILES string of the molecule is CCOc1ccc(-c2nc(CN)nn2C)cc1Cl. The predicted molar refractivity (Wildman–Crippen MR) is 70.5 cm³/mol. The fourth-order valence-corrected chi connectivity index (χ4v) is 1.92. The first-order valence-electron chi connectivity index (χ1n) is 5.68. The average molecular weight is 267 g/mol. The van der Waals surface area contributed by atoms with Gasteiger partial charge in [0.25, 0.3) is 0 Å². The summed E-state index contributed by atoms with van der Waals surface area (Å²) in [6.07, 6.45) is 0. The fraction of sp³-hybridized carbons (Fsp3) is 0.333. The van der Waals surface area contributed by atoms with Crippen molar-refractivity contribution in [1.82, 2.24) is 14.8 Å². The molecule has 0 amide bonds. The number of halogens is 1. The van der Waals surface area contributed by atoms with Gasteiger partial charge in [-0.3, -0.25) is 0 Å². The van der Waals surface area contributed by atoms with Crippen LogP contribution in [0.15, 0.2) is 18.2 Å². The Morgan fingerprint density at radius 1 is 1.44 bits per heavy atom. The standard InChI is InChI=1S/C12H15ClN4O/c1-3-18-10-5-4-8(6-9(10)13)12-15-11(7-14)16-17(12)2/h4-6H,3,7,14H2,1-2H3.